The van der Waals surface area contributed by atoms with Crippen molar-refractivity contribution in [2.75, 3.05) is 45.5 Å². The monoisotopic (exact) mass is 793 g/mol. The number of hydrogen-bond acceptors (Lipinski definition) is 8. The summed E-state index contributed by atoms with van der Waals surface area (Å²) < 4.78 is 6.49. The Morgan fingerprint density at radius 1 is 0.596 bits per heavy atom. The molecule has 0 fully saturated rings. The molecule has 0 amide bonds. The van der Waals surface area contributed by atoms with Crippen LogP contribution in [0.3, 0.4) is 0 Å². The van der Waals surface area contributed by atoms with E-state index in [0.717, 1.165) is 16.8 Å². The van der Waals surface area contributed by atoms with E-state index in [1.165, 1.54) is 15.9 Å². The van der Waals surface area contributed by atoms with Gasteiger partial charge in [0.05, 0.1) is 6.61 Å². The standard InChI is InChI=1S/C40H42N7OPS2.Cu/c1-41-39(50)45-43-38(32-24-26-33(27-25-32)47(2)3)37(31-16-8-4-9-17-31)44-46-40(51)42-28-29-48-30-49(34-18-10-5-11-19-34,35-20-12-6-13-21-35)36-22-14-7-15-23-36;/h4-27H,28-30H2,1-3H3,(H3-,41,42,43,44,45,46,50,51);/q;+2/p-1. The van der Waals surface area contributed by atoms with Crippen molar-refractivity contribution < 1.29 is 21.8 Å². The molecule has 5 aromatic carbocycles. The first-order valence-corrected chi connectivity index (χ1v) is 19.2. The fourth-order valence-electron chi connectivity index (χ4n) is 5.42. The molecule has 8 nitrogen and oxygen atoms in total. The zero-order chi connectivity index (χ0) is 35.9. The van der Waals surface area contributed by atoms with E-state index < -0.39 is 7.26 Å². The van der Waals surface area contributed by atoms with Crippen LogP contribution in [0.15, 0.2) is 166 Å². The largest absolute Gasteiger partial charge is 2.00 e. The molecular formula is C40H41CuN7OPS2+. The van der Waals surface area contributed by atoms with Gasteiger partial charge in [-0.15, -0.1) is 10.2 Å². The minimum absolute atomic E-state index is 0. The minimum Gasteiger partial charge on any atom is -0.741 e. The van der Waals surface area contributed by atoms with Crippen molar-refractivity contribution in [3.63, 3.8) is 0 Å². The van der Waals surface area contributed by atoms with E-state index in [4.69, 9.17) is 30.0 Å². The van der Waals surface area contributed by atoms with Crippen LogP contribution in [0.2, 0.25) is 0 Å². The number of nitrogens with zero attached hydrogens (tertiary/aromatic N) is 5. The summed E-state index contributed by atoms with van der Waals surface area (Å²) >= 11 is 10.9. The van der Waals surface area contributed by atoms with Crippen molar-refractivity contribution in [3.8, 4) is 0 Å². The van der Waals surface area contributed by atoms with Crippen molar-refractivity contribution in [1.82, 2.24) is 10.6 Å². The van der Waals surface area contributed by atoms with E-state index in [9.17, 15) is 0 Å². The Labute approximate surface area is 329 Å². The molecule has 0 aliphatic heterocycles. The molecule has 2 N–H and O–H groups in total. The molecule has 0 saturated carbocycles. The van der Waals surface area contributed by atoms with E-state index in [1.807, 2.05) is 73.6 Å². The first-order chi connectivity index (χ1) is 24.9. The topological polar surface area (TPSA) is 86.0 Å². The van der Waals surface area contributed by atoms with Gasteiger partial charge in [-0.2, -0.15) is 10.2 Å². The van der Waals surface area contributed by atoms with Crippen LogP contribution < -0.4 is 31.4 Å². The molecule has 0 unspecified atom stereocenters. The maximum absolute atomic E-state index is 6.49. The van der Waals surface area contributed by atoms with Gasteiger partial charge in [0, 0.05) is 44.5 Å². The Kier molecular flexibility index (Phi) is 15.9. The van der Waals surface area contributed by atoms with Gasteiger partial charge in [-0.25, -0.2) is 0 Å². The third-order valence-corrected chi connectivity index (χ3v) is 12.6. The summed E-state index contributed by atoms with van der Waals surface area (Å²) in [6.45, 7) is 0.875. The number of rotatable bonds is 14. The zero-order valence-electron chi connectivity index (χ0n) is 29.2. The first kappa shape index (κ1) is 40.3. The molecule has 5 rings (SSSR count). The second-order valence-corrected chi connectivity index (χ2v) is 15.7. The van der Waals surface area contributed by atoms with Gasteiger partial charge in [-0.3, -0.25) is 0 Å². The van der Waals surface area contributed by atoms with Crippen LogP contribution in [-0.4, -0.2) is 62.4 Å². The van der Waals surface area contributed by atoms with E-state index in [1.54, 1.807) is 7.05 Å². The van der Waals surface area contributed by atoms with Gasteiger partial charge in [0.15, 0.2) is 6.35 Å². The second kappa shape index (κ2) is 20.5. The smallest absolute Gasteiger partial charge is 0.741 e. The molecule has 0 heterocycles. The fourth-order valence-corrected chi connectivity index (χ4v) is 9.39. The number of benzene rings is 5. The van der Waals surface area contributed by atoms with Gasteiger partial charge in [-0.05, 0) is 58.9 Å². The third kappa shape index (κ3) is 10.5. The number of amidine groups is 2. The number of hydrogen-bond donors (Lipinski definition) is 2. The van der Waals surface area contributed by atoms with E-state index in [-0.39, 0.29) is 27.4 Å². The van der Waals surface area contributed by atoms with Crippen LogP contribution in [0.4, 0.5) is 5.69 Å². The molecule has 0 atom stereocenters. The summed E-state index contributed by atoms with van der Waals surface area (Å²) in [5.74, 6) is 0. The summed E-state index contributed by atoms with van der Waals surface area (Å²) in [6, 6.07) is 49.7. The van der Waals surface area contributed by atoms with Crippen LogP contribution in [0, 0.1) is 0 Å². The van der Waals surface area contributed by atoms with Gasteiger partial charge < -0.3 is 45.5 Å². The molecule has 0 aromatic heterocycles. The van der Waals surface area contributed by atoms with Gasteiger partial charge in [0.2, 0.25) is 0 Å². The summed E-state index contributed by atoms with van der Waals surface area (Å²) in [5, 5.41) is 28.1. The summed E-state index contributed by atoms with van der Waals surface area (Å²) in [7, 11) is 3.58. The van der Waals surface area contributed by atoms with E-state index in [2.05, 4.69) is 122 Å². The second-order valence-electron chi connectivity index (χ2n) is 11.5. The molecule has 0 bridgehead atoms. The van der Waals surface area contributed by atoms with Crippen molar-refractivity contribution in [2.45, 2.75) is 0 Å². The van der Waals surface area contributed by atoms with Crippen LogP contribution in [-0.2, 0) is 47.1 Å². The first-order valence-electron chi connectivity index (χ1n) is 16.5. The molecule has 0 spiro atoms. The average Bonchev–Trinajstić information content (AvgIpc) is 3.19. The Morgan fingerprint density at radius 3 is 1.46 bits per heavy atom. The van der Waals surface area contributed by atoms with Crippen LogP contribution in [0.5, 0.6) is 0 Å². The normalized spacial score (nSPS) is 12.5. The van der Waals surface area contributed by atoms with Crippen molar-refractivity contribution in [3.05, 3.63) is 157 Å². The third-order valence-electron chi connectivity index (χ3n) is 8.02. The molecule has 0 aliphatic carbocycles. The zero-order valence-corrected chi connectivity index (χ0v) is 32.7. The molecule has 12 heteroatoms. The average molecular weight is 794 g/mol. The van der Waals surface area contributed by atoms with E-state index >= 15 is 0 Å². The van der Waals surface area contributed by atoms with Crippen LogP contribution in [0.1, 0.15) is 11.1 Å². The summed E-state index contributed by atoms with van der Waals surface area (Å²) in [4.78, 5) is 2.03. The summed E-state index contributed by atoms with van der Waals surface area (Å²) in [5.41, 5.74) is 3.65. The molecule has 1 radical (unpaired) electrons. The Bertz CT molecular complexity index is 1850. The van der Waals surface area contributed by atoms with Crippen LogP contribution >= 0.6 is 7.26 Å². The predicted octanol–water partition coefficient (Wildman–Crippen LogP) is 5.44. The molecular weight excluding hydrogens is 753 g/mol. The van der Waals surface area contributed by atoms with E-state index in [0.29, 0.717) is 30.9 Å². The predicted molar refractivity (Wildman–Crippen MR) is 223 cm³/mol. The van der Waals surface area contributed by atoms with Gasteiger partial charge >= 0.3 is 17.1 Å². The van der Waals surface area contributed by atoms with Crippen molar-refractivity contribution in [2.24, 2.45) is 20.4 Å². The van der Waals surface area contributed by atoms with Crippen molar-refractivity contribution >= 4 is 75.9 Å². The number of ether oxygens (including phenoxy) is 1. The Morgan fingerprint density at radius 2 is 1.02 bits per heavy atom. The quantitative estimate of drug-likeness (QED) is 0.0297. The fraction of sp³-hybridized carbons (Fsp3) is 0.150. The molecule has 0 saturated heterocycles. The maximum atomic E-state index is 6.49. The SMILES string of the molecule is CN/C([S-])=N/N=C(/C(=N/N=C(\[S-])NCCOC[P+](c1ccccc1)(c1ccccc1)c1ccccc1)c1ccccc1)c1ccc(N(C)C)cc1.[Cu+2]. The number of nitrogens with one attached hydrogen (secondary N) is 2. The van der Waals surface area contributed by atoms with Crippen molar-refractivity contribution in [1.29, 1.82) is 0 Å². The molecule has 0 aliphatic rings. The molecule has 5 aromatic rings. The minimum atomic E-state index is -2.11. The van der Waals surface area contributed by atoms with Crippen LogP contribution in [0.25, 0.3) is 0 Å². The molecule has 269 valence electrons. The number of anilines is 1. The van der Waals surface area contributed by atoms with Gasteiger partial charge in [0.25, 0.3) is 0 Å². The van der Waals surface area contributed by atoms with Gasteiger partial charge in [0.1, 0.15) is 34.6 Å². The molecule has 52 heavy (non-hydrogen) atoms. The maximum Gasteiger partial charge on any atom is 2.00 e. The summed E-state index contributed by atoms with van der Waals surface area (Å²) in [6.07, 6.45) is 0.539. The van der Waals surface area contributed by atoms with Gasteiger partial charge in [-0.1, -0.05) is 97.1 Å². The Balaban J connectivity index is 0.00000605. The Hall–Kier alpha value is -4.47.